The molecule has 0 radical (unpaired) electrons. The first-order valence-electron chi connectivity index (χ1n) is 11.2. The summed E-state index contributed by atoms with van der Waals surface area (Å²) in [4.78, 5) is 24.8. The highest BCUT2D eigenvalue weighted by atomic mass is 32.1. The molecule has 3 aromatic carbocycles. The Kier molecular flexibility index (Phi) is 9.17. The molecule has 0 saturated heterocycles. The smallest absolute Gasteiger partial charge is 0.257 e. The first-order chi connectivity index (χ1) is 16.4. The van der Waals surface area contributed by atoms with Crippen LogP contribution in [-0.2, 0) is 6.42 Å². The van der Waals surface area contributed by atoms with Crippen LogP contribution in [0.4, 0.5) is 5.69 Å². The maximum Gasteiger partial charge on any atom is 0.257 e. The number of rotatable bonds is 9. The number of nitrogens with one attached hydrogen (secondary N) is 3. The second-order valence-corrected chi connectivity index (χ2v) is 8.29. The summed E-state index contributed by atoms with van der Waals surface area (Å²) < 4.78 is 5.80. The number of amides is 2. The van der Waals surface area contributed by atoms with Gasteiger partial charge in [0.25, 0.3) is 11.8 Å². The molecule has 0 fully saturated rings. The highest BCUT2D eigenvalue weighted by Crippen LogP contribution is 2.15. The lowest BCUT2D eigenvalue weighted by molar-refractivity contribution is 0.0937. The monoisotopic (exact) mass is 475 g/mol. The molecule has 6 nitrogen and oxygen atoms in total. The number of ether oxygens (including phenoxy) is 1. The molecule has 3 N–H and O–H groups in total. The standard InChI is InChI=1S/C27H29N3O3S/c1-3-19(2)28-25(31)21-12-14-23(15-13-21)29-27(34)30-26(32)22-10-7-11-24(18-22)33-17-16-20-8-5-4-6-9-20/h4-15,18-19H,3,16-17H2,1-2H3,(H,28,31)(H2,29,30,32,34). The number of thiocarbonyl (C=S) groups is 1. The minimum Gasteiger partial charge on any atom is -0.493 e. The van der Waals surface area contributed by atoms with Gasteiger partial charge in [0.2, 0.25) is 0 Å². The second-order valence-electron chi connectivity index (χ2n) is 7.88. The quantitative estimate of drug-likeness (QED) is 0.381. The topological polar surface area (TPSA) is 79.5 Å². The van der Waals surface area contributed by atoms with Gasteiger partial charge in [0, 0.05) is 29.3 Å². The van der Waals surface area contributed by atoms with Crippen molar-refractivity contribution < 1.29 is 14.3 Å². The molecule has 3 rings (SSSR count). The van der Waals surface area contributed by atoms with Crippen molar-refractivity contribution in [1.82, 2.24) is 10.6 Å². The van der Waals surface area contributed by atoms with E-state index in [4.69, 9.17) is 17.0 Å². The van der Waals surface area contributed by atoms with Crippen LogP contribution in [0.3, 0.4) is 0 Å². The van der Waals surface area contributed by atoms with Crippen molar-refractivity contribution in [2.45, 2.75) is 32.7 Å². The van der Waals surface area contributed by atoms with Gasteiger partial charge in [-0.25, -0.2) is 0 Å². The Morgan fingerprint density at radius 1 is 0.912 bits per heavy atom. The molecule has 0 bridgehead atoms. The fraction of sp³-hybridized carbons (Fsp3) is 0.222. The van der Waals surface area contributed by atoms with E-state index >= 15 is 0 Å². The van der Waals surface area contributed by atoms with Gasteiger partial charge >= 0.3 is 0 Å². The minimum absolute atomic E-state index is 0.112. The molecule has 0 aromatic heterocycles. The van der Waals surface area contributed by atoms with E-state index in [1.165, 1.54) is 5.56 Å². The predicted octanol–water partition coefficient (Wildman–Crippen LogP) is 4.96. The highest BCUT2D eigenvalue weighted by molar-refractivity contribution is 7.80. The third-order valence-electron chi connectivity index (χ3n) is 5.22. The number of anilines is 1. The van der Waals surface area contributed by atoms with Gasteiger partial charge in [-0.15, -0.1) is 0 Å². The van der Waals surface area contributed by atoms with Gasteiger partial charge in [-0.2, -0.15) is 0 Å². The van der Waals surface area contributed by atoms with Crippen molar-refractivity contribution in [2.75, 3.05) is 11.9 Å². The molecule has 0 saturated carbocycles. The molecule has 2 amide bonds. The lowest BCUT2D eigenvalue weighted by Gasteiger charge is -2.13. The normalized spacial score (nSPS) is 11.2. The Balaban J connectivity index is 1.50. The molecule has 0 aliphatic heterocycles. The summed E-state index contributed by atoms with van der Waals surface area (Å²) in [5, 5.41) is 8.72. The number of carbonyl (C=O) groups excluding carboxylic acids is 2. The van der Waals surface area contributed by atoms with Crippen molar-refractivity contribution in [3.05, 3.63) is 95.6 Å². The van der Waals surface area contributed by atoms with Crippen molar-refractivity contribution in [3.8, 4) is 5.75 Å². The zero-order chi connectivity index (χ0) is 24.3. The maximum absolute atomic E-state index is 12.6. The SMILES string of the molecule is CCC(C)NC(=O)c1ccc(NC(=S)NC(=O)c2cccc(OCCc3ccccc3)c2)cc1. The fourth-order valence-corrected chi connectivity index (χ4v) is 3.32. The Morgan fingerprint density at radius 3 is 2.35 bits per heavy atom. The van der Waals surface area contributed by atoms with Crippen LogP contribution >= 0.6 is 12.2 Å². The molecule has 7 heteroatoms. The Hall–Kier alpha value is -3.71. The number of hydrogen-bond acceptors (Lipinski definition) is 4. The zero-order valence-corrected chi connectivity index (χ0v) is 20.2. The summed E-state index contributed by atoms with van der Waals surface area (Å²) in [6.45, 7) is 4.49. The largest absolute Gasteiger partial charge is 0.493 e. The summed E-state index contributed by atoms with van der Waals surface area (Å²) in [7, 11) is 0. The van der Waals surface area contributed by atoms with Gasteiger partial charge in [-0.1, -0.05) is 43.3 Å². The highest BCUT2D eigenvalue weighted by Gasteiger charge is 2.11. The maximum atomic E-state index is 12.6. The van der Waals surface area contributed by atoms with E-state index in [0.29, 0.717) is 29.2 Å². The number of hydrogen-bond donors (Lipinski definition) is 3. The van der Waals surface area contributed by atoms with Crippen LogP contribution < -0.4 is 20.7 Å². The van der Waals surface area contributed by atoms with Gasteiger partial charge in [0.15, 0.2) is 5.11 Å². The molecule has 0 spiro atoms. The van der Waals surface area contributed by atoms with Crippen LogP contribution in [0.25, 0.3) is 0 Å². The number of carbonyl (C=O) groups is 2. The third kappa shape index (κ3) is 7.71. The zero-order valence-electron chi connectivity index (χ0n) is 19.3. The summed E-state index contributed by atoms with van der Waals surface area (Å²) >= 11 is 5.27. The van der Waals surface area contributed by atoms with Crippen LogP contribution in [0.2, 0.25) is 0 Å². The van der Waals surface area contributed by atoms with Crippen LogP contribution in [0.5, 0.6) is 5.75 Å². The first-order valence-corrected chi connectivity index (χ1v) is 11.7. The van der Waals surface area contributed by atoms with E-state index in [0.717, 1.165) is 12.8 Å². The predicted molar refractivity (Wildman–Crippen MR) is 139 cm³/mol. The molecular formula is C27H29N3O3S. The fourth-order valence-electron chi connectivity index (χ4n) is 3.11. The summed E-state index contributed by atoms with van der Waals surface area (Å²) in [5.41, 5.74) is 2.86. The van der Waals surface area contributed by atoms with Gasteiger partial charge in [0.1, 0.15) is 5.75 Å². The van der Waals surface area contributed by atoms with Crippen LogP contribution in [0.15, 0.2) is 78.9 Å². The first kappa shape index (κ1) is 24.9. The van der Waals surface area contributed by atoms with E-state index in [2.05, 4.69) is 28.1 Å². The van der Waals surface area contributed by atoms with Gasteiger partial charge in [-0.05, 0) is 73.6 Å². The molecule has 0 heterocycles. The van der Waals surface area contributed by atoms with E-state index in [9.17, 15) is 9.59 Å². The summed E-state index contributed by atoms with van der Waals surface area (Å²) in [6, 6.07) is 24.1. The molecular weight excluding hydrogens is 446 g/mol. The van der Waals surface area contributed by atoms with E-state index in [1.54, 1.807) is 42.5 Å². The summed E-state index contributed by atoms with van der Waals surface area (Å²) in [6.07, 6.45) is 1.64. The minimum atomic E-state index is -0.337. The Labute approximate surface area is 205 Å². The van der Waals surface area contributed by atoms with Crippen molar-refractivity contribution in [3.63, 3.8) is 0 Å². The lowest BCUT2D eigenvalue weighted by Crippen LogP contribution is -2.34. The van der Waals surface area contributed by atoms with Crippen molar-refractivity contribution in [1.29, 1.82) is 0 Å². The Morgan fingerprint density at radius 2 is 1.65 bits per heavy atom. The van der Waals surface area contributed by atoms with Gasteiger partial charge < -0.3 is 15.4 Å². The molecule has 1 atom stereocenters. The average molecular weight is 476 g/mol. The molecule has 176 valence electrons. The van der Waals surface area contributed by atoms with Crippen LogP contribution in [0, 0.1) is 0 Å². The molecule has 0 aliphatic carbocycles. The average Bonchev–Trinajstić information content (AvgIpc) is 2.85. The number of benzene rings is 3. The molecule has 0 aliphatic rings. The lowest BCUT2D eigenvalue weighted by atomic mass is 10.1. The van der Waals surface area contributed by atoms with Crippen LogP contribution in [0.1, 0.15) is 46.5 Å². The van der Waals surface area contributed by atoms with Crippen molar-refractivity contribution >= 4 is 34.8 Å². The van der Waals surface area contributed by atoms with E-state index in [1.807, 2.05) is 38.1 Å². The van der Waals surface area contributed by atoms with Gasteiger partial charge in [-0.3, -0.25) is 14.9 Å². The summed E-state index contributed by atoms with van der Waals surface area (Å²) in [5.74, 6) is 0.159. The second kappa shape index (κ2) is 12.5. The molecule has 34 heavy (non-hydrogen) atoms. The van der Waals surface area contributed by atoms with E-state index in [-0.39, 0.29) is 23.0 Å². The van der Waals surface area contributed by atoms with Crippen LogP contribution in [-0.4, -0.2) is 29.6 Å². The van der Waals surface area contributed by atoms with E-state index < -0.39 is 0 Å². The molecule has 3 aromatic rings. The van der Waals surface area contributed by atoms with Crippen molar-refractivity contribution in [2.24, 2.45) is 0 Å². The van der Waals surface area contributed by atoms with Gasteiger partial charge in [0.05, 0.1) is 6.61 Å². The molecule has 1 unspecified atom stereocenters. The third-order valence-corrected chi connectivity index (χ3v) is 5.42. The Bertz CT molecular complexity index is 1120.